The normalized spacial score (nSPS) is 12.7. The smallest absolute Gasteiger partial charge is 0.326 e. The molecule has 0 aromatic heterocycles. The highest BCUT2D eigenvalue weighted by Gasteiger charge is 2.35. The number of alkyl halides is 1. The first-order valence-electron chi connectivity index (χ1n) is 9.69. The van der Waals surface area contributed by atoms with Crippen molar-refractivity contribution in [3.63, 3.8) is 0 Å². The zero-order chi connectivity index (χ0) is 23.0. The van der Waals surface area contributed by atoms with Gasteiger partial charge in [-0.05, 0) is 24.6 Å². The molecule has 0 aromatic carbocycles. The van der Waals surface area contributed by atoms with Crippen LogP contribution in [0.25, 0.3) is 0 Å². The molecule has 0 rings (SSSR count). The molecule has 0 aliphatic carbocycles. The Morgan fingerprint density at radius 1 is 0.931 bits per heavy atom. The monoisotopic (exact) mass is 546 g/mol. The number of amides is 2. The lowest BCUT2D eigenvalue weighted by Gasteiger charge is -2.29. The van der Waals surface area contributed by atoms with Crippen LogP contribution in [-0.2, 0) is 23.6 Å². The summed E-state index contributed by atoms with van der Waals surface area (Å²) in [6, 6.07) is 1.34. The number of carboxylic acids is 1. The molecule has 170 valence electrons. The van der Waals surface area contributed by atoms with Gasteiger partial charge in [0.1, 0.15) is 12.1 Å². The molecule has 0 bridgehead atoms. The lowest BCUT2D eigenvalue weighted by atomic mass is 10.2. The van der Waals surface area contributed by atoms with Gasteiger partial charge < -0.3 is 25.3 Å². The van der Waals surface area contributed by atoms with Crippen LogP contribution >= 0.6 is 22.6 Å². The van der Waals surface area contributed by atoms with Crippen molar-refractivity contribution in [3.05, 3.63) is 0 Å². The van der Waals surface area contributed by atoms with Crippen molar-refractivity contribution in [1.29, 1.82) is 0 Å². The van der Waals surface area contributed by atoms with E-state index >= 15 is 0 Å². The number of halogens is 1. The van der Waals surface area contributed by atoms with E-state index in [1.807, 2.05) is 0 Å². The van der Waals surface area contributed by atoms with Crippen LogP contribution in [0.3, 0.4) is 0 Å². The Kier molecular flexibility index (Phi) is 17.1. The number of aliphatic carboxylic acids is 1. The molecule has 0 saturated carbocycles. The average Bonchev–Trinajstić information content (AvgIpc) is 2.65. The van der Waals surface area contributed by atoms with E-state index in [9.17, 15) is 19.2 Å². The molecule has 0 spiro atoms. The minimum Gasteiger partial charge on any atom is -0.518 e. The molecule has 2 amide bonds. The number of carbonyl (C=O) groups excluding carboxylic acids is 3. The second-order valence-electron chi connectivity index (χ2n) is 6.50. The Morgan fingerprint density at radius 2 is 1.38 bits per heavy atom. The van der Waals surface area contributed by atoms with Crippen molar-refractivity contribution in [2.24, 2.45) is 0 Å². The molecule has 0 heterocycles. The van der Waals surface area contributed by atoms with Gasteiger partial charge in [-0.1, -0.05) is 43.4 Å². The van der Waals surface area contributed by atoms with E-state index in [4.69, 9.17) is 14.6 Å². The van der Waals surface area contributed by atoms with E-state index in [1.165, 1.54) is 13.8 Å². The zero-order valence-electron chi connectivity index (χ0n) is 17.9. The summed E-state index contributed by atoms with van der Waals surface area (Å²) in [5.74, 6) is -1.97. The maximum atomic E-state index is 12.2. The van der Waals surface area contributed by atoms with E-state index < -0.39 is 32.3 Å². The van der Waals surface area contributed by atoms with Crippen LogP contribution in [-0.4, -0.2) is 65.4 Å². The van der Waals surface area contributed by atoms with Crippen molar-refractivity contribution in [2.45, 2.75) is 77.7 Å². The van der Waals surface area contributed by atoms with Gasteiger partial charge in [0.15, 0.2) is 0 Å². The van der Waals surface area contributed by atoms with Crippen LogP contribution in [0.5, 0.6) is 0 Å². The molecule has 0 unspecified atom stereocenters. The third-order valence-corrected chi connectivity index (χ3v) is 9.53. The van der Waals surface area contributed by atoms with Gasteiger partial charge >= 0.3 is 11.9 Å². The lowest BCUT2D eigenvalue weighted by molar-refractivity contribution is -0.142. The summed E-state index contributed by atoms with van der Waals surface area (Å²) in [5, 5.41) is 21.7. The van der Waals surface area contributed by atoms with E-state index in [0.29, 0.717) is 6.42 Å². The molecule has 0 aromatic rings. The first kappa shape index (κ1) is 30.0. The summed E-state index contributed by atoms with van der Waals surface area (Å²) in [6.07, 6.45) is 0.662. The predicted molar refractivity (Wildman–Crippen MR) is 121 cm³/mol. The second kappa shape index (κ2) is 16.6. The molecule has 9 nitrogen and oxygen atoms in total. The molecule has 11 heteroatoms. The predicted octanol–water partition coefficient (Wildman–Crippen LogP) is 1.82. The topological polar surface area (TPSA) is 142 Å². The Hall–Kier alpha value is -1.21. The highest BCUT2D eigenvalue weighted by molar-refractivity contribution is 14.1. The molecule has 2 atom stereocenters. The van der Waals surface area contributed by atoms with Gasteiger partial charge in [-0.2, -0.15) is 0 Å². The van der Waals surface area contributed by atoms with Gasteiger partial charge in [0, 0.05) is 31.3 Å². The largest absolute Gasteiger partial charge is 0.518 e. The standard InChI is InChI=1S/C12H24INO3Si.C6H11NO4/c1-5-18(6-2,7-3)17-12(16)11(8-9-13)14-10(4)15;1-4(9)7-5(2-3-8)6(10)11/h11H,5-9H2,1-4H3,(H,14,15);5,8H,2-3H2,1H3,(H,7,9)(H,10,11)/t11-;5-/m00/s1. The first-order chi connectivity index (χ1) is 13.5. The number of nitrogens with one attached hydrogen (secondary N) is 2. The van der Waals surface area contributed by atoms with E-state index in [2.05, 4.69) is 54.0 Å². The van der Waals surface area contributed by atoms with Gasteiger partial charge in [0.2, 0.25) is 11.8 Å². The van der Waals surface area contributed by atoms with Gasteiger partial charge in [-0.15, -0.1) is 0 Å². The number of rotatable bonds is 12. The fourth-order valence-corrected chi connectivity index (χ4v) is 5.61. The van der Waals surface area contributed by atoms with Crippen molar-refractivity contribution in [1.82, 2.24) is 10.6 Å². The highest BCUT2D eigenvalue weighted by atomic mass is 127. The van der Waals surface area contributed by atoms with Gasteiger partial charge in [0.25, 0.3) is 8.32 Å². The fraction of sp³-hybridized carbons (Fsp3) is 0.778. The third-order valence-electron chi connectivity index (χ3n) is 4.40. The Labute approximate surface area is 187 Å². The minimum atomic E-state index is -1.93. The van der Waals surface area contributed by atoms with E-state index in [-0.39, 0.29) is 24.9 Å². The molecule has 0 aliphatic rings. The van der Waals surface area contributed by atoms with Crippen LogP contribution in [0, 0.1) is 0 Å². The Balaban J connectivity index is 0. The summed E-state index contributed by atoms with van der Waals surface area (Å²) in [5.41, 5.74) is 0. The summed E-state index contributed by atoms with van der Waals surface area (Å²) in [4.78, 5) is 43.9. The van der Waals surface area contributed by atoms with Crippen molar-refractivity contribution in [2.75, 3.05) is 11.0 Å². The maximum absolute atomic E-state index is 12.2. The Bertz CT molecular complexity index is 522. The molecule has 0 radical (unpaired) electrons. The quantitative estimate of drug-likeness (QED) is 0.166. The summed E-state index contributed by atoms with van der Waals surface area (Å²) >= 11 is 2.20. The molecule has 0 aliphatic heterocycles. The Morgan fingerprint density at radius 3 is 1.69 bits per heavy atom. The van der Waals surface area contributed by atoms with Gasteiger partial charge in [-0.25, -0.2) is 4.79 Å². The minimum absolute atomic E-state index is 0.0366. The molecule has 4 N–H and O–H groups in total. The second-order valence-corrected chi connectivity index (χ2v) is 12.3. The lowest BCUT2D eigenvalue weighted by Crippen LogP contribution is -2.47. The van der Waals surface area contributed by atoms with Crippen molar-refractivity contribution >= 4 is 54.7 Å². The van der Waals surface area contributed by atoms with Gasteiger partial charge in [0.05, 0.1) is 0 Å². The van der Waals surface area contributed by atoms with Crippen molar-refractivity contribution < 1.29 is 33.8 Å². The molecule has 0 saturated heterocycles. The summed E-state index contributed by atoms with van der Waals surface area (Å²) < 4.78 is 6.60. The number of carboxylic acid groups (broad SMARTS) is 1. The van der Waals surface area contributed by atoms with Crippen LogP contribution in [0.15, 0.2) is 0 Å². The molecular formula is C18H35IN2O7Si. The van der Waals surface area contributed by atoms with Crippen LogP contribution in [0.4, 0.5) is 0 Å². The first-order valence-corrected chi connectivity index (χ1v) is 13.7. The van der Waals surface area contributed by atoms with E-state index in [0.717, 1.165) is 22.6 Å². The fourth-order valence-electron chi connectivity index (χ4n) is 2.49. The number of aliphatic hydroxyl groups excluding tert-OH is 1. The third kappa shape index (κ3) is 13.6. The number of hydrogen-bond donors (Lipinski definition) is 4. The zero-order valence-corrected chi connectivity index (χ0v) is 21.1. The molecule has 0 fully saturated rings. The summed E-state index contributed by atoms with van der Waals surface area (Å²) in [6.45, 7) is 8.65. The van der Waals surface area contributed by atoms with Crippen molar-refractivity contribution in [3.8, 4) is 0 Å². The number of aliphatic hydroxyl groups is 1. The number of carbonyl (C=O) groups is 4. The number of hydrogen-bond acceptors (Lipinski definition) is 6. The average molecular weight is 546 g/mol. The molecular weight excluding hydrogens is 511 g/mol. The maximum Gasteiger partial charge on any atom is 0.326 e. The van der Waals surface area contributed by atoms with Crippen LogP contribution in [0.2, 0.25) is 18.1 Å². The molecule has 29 heavy (non-hydrogen) atoms. The SMILES string of the molecule is CC(=O)N[C@@H](CCO)C(=O)O.CC[Si](CC)(CC)OC(=O)[C@H](CCI)NC(C)=O. The summed E-state index contributed by atoms with van der Waals surface area (Å²) in [7, 11) is -1.93. The van der Waals surface area contributed by atoms with Crippen LogP contribution in [0.1, 0.15) is 47.5 Å². The van der Waals surface area contributed by atoms with Gasteiger partial charge in [-0.3, -0.25) is 14.4 Å². The van der Waals surface area contributed by atoms with Crippen LogP contribution < -0.4 is 10.6 Å². The highest BCUT2D eigenvalue weighted by Crippen LogP contribution is 2.22. The van der Waals surface area contributed by atoms with E-state index in [1.54, 1.807) is 0 Å².